The van der Waals surface area contributed by atoms with Crippen LogP contribution in [0.15, 0.2) is 91.1 Å². The molecule has 1 unspecified atom stereocenters. The Balaban J connectivity index is 1.56. The van der Waals surface area contributed by atoms with Gasteiger partial charge in [-0.05, 0) is 36.8 Å². The normalized spacial score (nSPS) is 12.0. The van der Waals surface area contributed by atoms with E-state index in [0.717, 1.165) is 22.6 Å². The molecule has 0 radical (unpaired) electrons. The third-order valence-corrected chi connectivity index (χ3v) is 4.95. The van der Waals surface area contributed by atoms with Crippen LogP contribution in [0, 0.1) is 6.92 Å². The molecular formula is C24H20N6. The second-order valence-corrected chi connectivity index (χ2v) is 7.12. The number of nitrogens with zero attached hydrogens (tertiary/aromatic N) is 5. The predicted molar refractivity (Wildman–Crippen MR) is 117 cm³/mol. The number of hydrogen-bond donors (Lipinski definition) is 1. The van der Waals surface area contributed by atoms with Gasteiger partial charge in [-0.15, -0.1) is 15.3 Å². The Labute approximate surface area is 174 Å². The first-order valence-electron chi connectivity index (χ1n) is 9.80. The van der Waals surface area contributed by atoms with E-state index < -0.39 is 0 Å². The van der Waals surface area contributed by atoms with Crippen molar-refractivity contribution in [3.8, 4) is 11.4 Å². The molecule has 30 heavy (non-hydrogen) atoms. The van der Waals surface area contributed by atoms with E-state index in [4.69, 9.17) is 5.10 Å². The highest BCUT2D eigenvalue weighted by molar-refractivity contribution is 5.59. The molecule has 6 heteroatoms. The molecule has 3 aromatic heterocycles. The van der Waals surface area contributed by atoms with E-state index >= 15 is 0 Å². The average molecular weight is 392 g/mol. The van der Waals surface area contributed by atoms with Gasteiger partial charge in [0.05, 0.1) is 11.7 Å². The molecule has 6 nitrogen and oxygen atoms in total. The zero-order valence-electron chi connectivity index (χ0n) is 16.5. The third kappa shape index (κ3) is 3.51. The molecule has 3 heterocycles. The van der Waals surface area contributed by atoms with E-state index in [1.165, 1.54) is 5.56 Å². The van der Waals surface area contributed by atoms with Gasteiger partial charge in [0.2, 0.25) is 0 Å². The van der Waals surface area contributed by atoms with Crippen LogP contribution >= 0.6 is 0 Å². The van der Waals surface area contributed by atoms with Gasteiger partial charge in [-0.1, -0.05) is 66.2 Å². The van der Waals surface area contributed by atoms with Crippen LogP contribution in [0.2, 0.25) is 0 Å². The summed E-state index contributed by atoms with van der Waals surface area (Å²) < 4.78 is 1.77. The molecule has 146 valence electrons. The lowest BCUT2D eigenvalue weighted by Gasteiger charge is -2.20. The smallest absolute Gasteiger partial charge is 0.185 e. The summed E-state index contributed by atoms with van der Waals surface area (Å²) in [5.74, 6) is 1.43. The van der Waals surface area contributed by atoms with Gasteiger partial charge in [0, 0.05) is 11.8 Å². The zero-order chi connectivity index (χ0) is 20.3. The van der Waals surface area contributed by atoms with E-state index in [1.54, 1.807) is 4.52 Å². The number of nitrogens with one attached hydrogen (secondary N) is 1. The molecule has 0 bridgehead atoms. The lowest BCUT2D eigenvalue weighted by molar-refractivity contribution is 0.851. The molecule has 1 N–H and O–H groups in total. The van der Waals surface area contributed by atoms with Crippen molar-refractivity contribution in [3.05, 3.63) is 108 Å². The maximum Gasteiger partial charge on any atom is 0.185 e. The van der Waals surface area contributed by atoms with Crippen LogP contribution in [-0.2, 0) is 0 Å². The molecule has 0 aliphatic carbocycles. The lowest BCUT2D eigenvalue weighted by Crippen LogP contribution is -2.15. The fraction of sp³-hybridized carbons (Fsp3) is 0.0833. The molecule has 0 spiro atoms. The van der Waals surface area contributed by atoms with Crippen LogP contribution in [0.4, 0.5) is 5.82 Å². The molecule has 2 aromatic carbocycles. The van der Waals surface area contributed by atoms with Crippen LogP contribution < -0.4 is 5.32 Å². The standard InChI is InChI=1S/C24H20N6/c1-17-8-7-11-19(16-17)23(20-12-5-6-15-25-20)26-21-13-14-22-27-28-24(30(22)29-21)18-9-3-2-4-10-18/h2-16,23H,1H3,(H,26,29). The maximum atomic E-state index is 4.78. The molecule has 0 aliphatic heterocycles. The molecule has 0 amide bonds. The van der Waals surface area contributed by atoms with Crippen molar-refractivity contribution in [1.82, 2.24) is 24.8 Å². The Hall–Kier alpha value is -4.06. The summed E-state index contributed by atoms with van der Waals surface area (Å²) in [7, 11) is 0. The number of benzene rings is 2. The summed E-state index contributed by atoms with van der Waals surface area (Å²) >= 11 is 0. The van der Waals surface area contributed by atoms with Crippen molar-refractivity contribution in [1.29, 1.82) is 0 Å². The number of hydrogen-bond acceptors (Lipinski definition) is 5. The third-order valence-electron chi connectivity index (χ3n) is 4.95. The van der Waals surface area contributed by atoms with Gasteiger partial charge < -0.3 is 5.32 Å². The van der Waals surface area contributed by atoms with E-state index in [0.29, 0.717) is 11.5 Å². The number of pyridine rings is 1. The summed E-state index contributed by atoms with van der Waals surface area (Å²) in [6.45, 7) is 2.09. The monoisotopic (exact) mass is 392 g/mol. The highest BCUT2D eigenvalue weighted by Crippen LogP contribution is 2.26. The first-order valence-corrected chi connectivity index (χ1v) is 9.80. The fourth-order valence-electron chi connectivity index (χ4n) is 3.51. The minimum absolute atomic E-state index is 0.132. The number of anilines is 1. The van der Waals surface area contributed by atoms with Gasteiger partial charge in [-0.3, -0.25) is 4.98 Å². The van der Waals surface area contributed by atoms with Crippen molar-refractivity contribution in [2.45, 2.75) is 13.0 Å². The van der Waals surface area contributed by atoms with Crippen molar-refractivity contribution >= 4 is 11.5 Å². The van der Waals surface area contributed by atoms with Gasteiger partial charge in [0.25, 0.3) is 0 Å². The Morgan fingerprint density at radius 1 is 0.833 bits per heavy atom. The molecule has 5 rings (SSSR count). The van der Waals surface area contributed by atoms with E-state index in [-0.39, 0.29) is 6.04 Å². The number of fused-ring (bicyclic) bond motifs is 1. The summed E-state index contributed by atoms with van der Waals surface area (Å²) in [5, 5.41) is 16.9. The Kier molecular flexibility index (Phi) is 4.65. The van der Waals surface area contributed by atoms with Gasteiger partial charge in [0.15, 0.2) is 11.5 Å². The summed E-state index contributed by atoms with van der Waals surface area (Å²) in [4.78, 5) is 4.58. The number of rotatable bonds is 5. The second-order valence-electron chi connectivity index (χ2n) is 7.12. The molecule has 0 fully saturated rings. The molecule has 0 saturated carbocycles. The van der Waals surface area contributed by atoms with Crippen LogP contribution in [0.3, 0.4) is 0 Å². The van der Waals surface area contributed by atoms with Gasteiger partial charge >= 0.3 is 0 Å². The van der Waals surface area contributed by atoms with Crippen molar-refractivity contribution < 1.29 is 0 Å². The highest BCUT2D eigenvalue weighted by atomic mass is 15.4. The first-order chi connectivity index (χ1) is 14.8. The Bertz CT molecular complexity index is 1280. The minimum atomic E-state index is -0.132. The Morgan fingerprint density at radius 3 is 2.50 bits per heavy atom. The largest absolute Gasteiger partial charge is 0.356 e. The molecule has 1 atom stereocenters. The molecule has 0 aliphatic rings. The summed E-state index contributed by atoms with van der Waals surface area (Å²) in [6, 6.07) is 28.0. The predicted octanol–water partition coefficient (Wildman–Crippen LogP) is 4.70. The van der Waals surface area contributed by atoms with Crippen LogP contribution in [0.5, 0.6) is 0 Å². The summed E-state index contributed by atoms with van der Waals surface area (Å²) in [6.07, 6.45) is 1.81. The zero-order valence-corrected chi connectivity index (χ0v) is 16.5. The average Bonchev–Trinajstić information content (AvgIpc) is 3.22. The van der Waals surface area contributed by atoms with E-state index in [1.807, 2.05) is 66.9 Å². The molecule has 0 saturated heterocycles. The molecule has 5 aromatic rings. The first kappa shape index (κ1) is 18.0. The van der Waals surface area contributed by atoms with Gasteiger partial charge in [-0.25, -0.2) is 0 Å². The fourth-order valence-corrected chi connectivity index (χ4v) is 3.51. The topological polar surface area (TPSA) is 68.0 Å². The minimum Gasteiger partial charge on any atom is -0.356 e. The van der Waals surface area contributed by atoms with Crippen molar-refractivity contribution in [3.63, 3.8) is 0 Å². The van der Waals surface area contributed by atoms with Crippen molar-refractivity contribution in [2.75, 3.05) is 5.32 Å². The Morgan fingerprint density at radius 2 is 1.70 bits per heavy atom. The second kappa shape index (κ2) is 7.75. The SMILES string of the molecule is Cc1cccc(C(Nc2ccc3nnc(-c4ccccc4)n3n2)c2ccccn2)c1. The van der Waals surface area contributed by atoms with Crippen LogP contribution in [0.1, 0.15) is 22.9 Å². The van der Waals surface area contributed by atoms with E-state index in [9.17, 15) is 0 Å². The maximum absolute atomic E-state index is 4.78. The highest BCUT2D eigenvalue weighted by Gasteiger charge is 2.17. The summed E-state index contributed by atoms with van der Waals surface area (Å²) in [5.41, 5.74) is 4.92. The number of aryl methyl sites for hydroxylation is 1. The lowest BCUT2D eigenvalue weighted by atomic mass is 10.0. The molecular weight excluding hydrogens is 372 g/mol. The number of aromatic nitrogens is 5. The van der Waals surface area contributed by atoms with Crippen LogP contribution in [-0.4, -0.2) is 24.8 Å². The van der Waals surface area contributed by atoms with Gasteiger partial charge in [-0.2, -0.15) is 4.52 Å². The van der Waals surface area contributed by atoms with E-state index in [2.05, 4.69) is 51.7 Å². The van der Waals surface area contributed by atoms with Crippen molar-refractivity contribution in [2.24, 2.45) is 0 Å². The van der Waals surface area contributed by atoms with Gasteiger partial charge in [0.1, 0.15) is 5.82 Å². The van der Waals surface area contributed by atoms with Crippen LogP contribution in [0.25, 0.3) is 17.0 Å². The quantitative estimate of drug-likeness (QED) is 0.470.